The highest BCUT2D eigenvalue weighted by molar-refractivity contribution is 5.79. The number of likely N-dealkylation sites (N-methyl/N-ethyl adjacent to an activating group) is 1. The Morgan fingerprint density at radius 2 is 1.93 bits per heavy atom. The van der Waals surface area contributed by atoms with E-state index in [1.807, 2.05) is 19.1 Å². The van der Waals surface area contributed by atoms with Crippen molar-refractivity contribution in [3.05, 3.63) is 47.3 Å². The van der Waals surface area contributed by atoms with Crippen molar-refractivity contribution < 1.29 is 4.74 Å². The molecule has 0 aliphatic rings. The summed E-state index contributed by atoms with van der Waals surface area (Å²) in [6.07, 6.45) is 0.988. The van der Waals surface area contributed by atoms with Crippen molar-refractivity contribution in [2.75, 3.05) is 40.8 Å². The second-order valence-electron chi connectivity index (χ2n) is 7.40. The number of rotatable bonds is 10. The molecule has 1 aromatic carbocycles. The molecule has 0 saturated carbocycles. The van der Waals surface area contributed by atoms with E-state index in [1.165, 1.54) is 11.3 Å². The quantitative estimate of drug-likeness (QED) is 0.365. The van der Waals surface area contributed by atoms with Gasteiger partial charge in [-0.2, -0.15) is 5.10 Å². The maximum absolute atomic E-state index is 5.27. The van der Waals surface area contributed by atoms with Crippen LogP contribution in [0.3, 0.4) is 0 Å². The van der Waals surface area contributed by atoms with Crippen LogP contribution < -0.4 is 15.4 Å². The molecule has 0 aliphatic heterocycles. The van der Waals surface area contributed by atoms with Gasteiger partial charge in [0.15, 0.2) is 5.96 Å². The SMILES string of the molecule is CCNC(=NCC(c1ccc(OC)cc1)N(C)C)NCCCn1nc(C)cc1C. The van der Waals surface area contributed by atoms with Crippen LogP contribution in [-0.2, 0) is 6.54 Å². The van der Waals surface area contributed by atoms with E-state index in [0.29, 0.717) is 6.54 Å². The average molecular weight is 401 g/mol. The van der Waals surface area contributed by atoms with Gasteiger partial charge in [0.2, 0.25) is 0 Å². The molecule has 0 spiro atoms. The number of hydrogen-bond acceptors (Lipinski definition) is 4. The fourth-order valence-electron chi connectivity index (χ4n) is 3.25. The summed E-state index contributed by atoms with van der Waals surface area (Å²) >= 11 is 0. The van der Waals surface area contributed by atoms with E-state index < -0.39 is 0 Å². The van der Waals surface area contributed by atoms with E-state index >= 15 is 0 Å². The zero-order chi connectivity index (χ0) is 21.2. The molecule has 29 heavy (non-hydrogen) atoms. The predicted molar refractivity (Wildman–Crippen MR) is 120 cm³/mol. The van der Waals surface area contributed by atoms with Gasteiger partial charge in [-0.15, -0.1) is 0 Å². The normalized spacial score (nSPS) is 12.9. The van der Waals surface area contributed by atoms with Gasteiger partial charge >= 0.3 is 0 Å². The van der Waals surface area contributed by atoms with Crippen LogP contribution in [0.4, 0.5) is 0 Å². The van der Waals surface area contributed by atoms with Crippen molar-refractivity contribution in [1.29, 1.82) is 0 Å². The van der Waals surface area contributed by atoms with E-state index in [1.54, 1.807) is 7.11 Å². The molecule has 0 radical (unpaired) electrons. The van der Waals surface area contributed by atoms with Crippen LogP contribution in [0.2, 0.25) is 0 Å². The van der Waals surface area contributed by atoms with E-state index in [9.17, 15) is 0 Å². The number of nitrogens with one attached hydrogen (secondary N) is 2. The maximum atomic E-state index is 5.27. The molecule has 7 heteroatoms. The van der Waals surface area contributed by atoms with Crippen LogP contribution in [0.1, 0.15) is 36.3 Å². The first-order valence-electron chi connectivity index (χ1n) is 10.3. The van der Waals surface area contributed by atoms with Crippen LogP contribution >= 0.6 is 0 Å². The molecule has 1 unspecified atom stereocenters. The number of hydrogen-bond donors (Lipinski definition) is 2. The number of aliphatic imine (C=N–C) groups is 1. The van der Waals surface area contributed by atoms with Crippen molar-refractivity contribution in [2.45, 2.75) is 39.8 Å². The number of ether oxygens (including phenoxy) is 1. The Hall–Kier alpha value is -2.54. The molecule has 0 fully saturated rings. The third-order valence-corrected chi connectivity index (χ3v) is 4.83. The Labute approximate surface area is 175 Å². The van der Waals surface area contributed by atoms with Gasteiger partial charge in [0.05, 0.1) is 25.4 Å². The average Bonchev–Trinajstić information content (AvgIpc) is 3.02. The molecule has 160 valence electrons. The molecule has 0 bridgehead atoms. The van der Waals surface area contributed by atoms with Gasteiger partial charge in [0.1, 0.15) is 5.75 Å². The molecule has 0 amide bonds. The number of nitrogens with zero attached hydrogens (tertiary/aromatic N) is 4. The molecule has 2 aromatic rings. The topological polar surface area (TPSA) is 66.7 Å². The van der Waals surface area contributed by atoms with Gasteiger partial charge in [0, 0.05) is 25.3 Å². The fourth-order valence-corrected chi connectivity index (χ4v) is 3.25. The minimum atomic E-state index is 0.200. The Morgan fingerprint density at radius 3 is 2.48 bits per heavy atom. The summed E-state index contributed by atoms with van der Waals surface area (Å²) in [4.78, 5) is 7.01. The number of methoxy groups -OCH3 is 1. The van der Waals surface area contributed by atoms with Crippen molar-refractivity contribution in [1.82, 2.24) is 25.3 Å². The van der Waals surface area contributed by atoms with Gasteiger partial charge in [-0.1, -0.05) is 12.1 Å². The summed E-state index contributed by atoms with van der Waals surface area (Å²) in [6, 6.07) is 10.5. The molecule has 0 saturated heterocycles. The van der Waals surface area contributed by atoms with Gasteiger partial charge < -0.3 is 20.3 Å². The molecule has 0 aliphatic carbocycles. The van der Waals surface area contributed by atoms with Crippen molar-refractivity contribution in [3.8, 4) is 5.75 Å². The van der Waals surface area contributed by atoms with Crippen LogP contribution in [0.5, 0.6) is 5.75 Å². The Bertz CT molecular complexity index is 766. The number of guanidine groups is 1. The summed E-state index contributed by atoms with van der Waals surface area (Å²) < 4.78 is 7.33. The smallest absolute Gasteiger partial charge is 0.191 e. The highest BCUT2D eigenvalue weighted by atomic mass is 16.5. The van der Waals surface area contributed by atoms with Crippen molar-refractivity contribution >= 4 is 5.96 Å². The zero-order valence-corrected chi connectivity index (χ0v) is 18.7. The number of aromatic nitrogens is 2. The largest absolute Gasteiger partial charge is 0.497 e. The Morgan fingerprint density at radius 1 is 1.21 bits per heavy atom. The lowest BCUT2D eigenvalue weighted by Crippen LogP contribution is -2.38. The van der Waals surface area contributed by atoms with E-state index in [0.717, 1.165) is 43.5 Å². The third-order valence-electron chi connectivity index (χ3n) is 4.83. The molecule has 2 rings (SSSR count). The number of aryl methyl sites for hydroxylation is 3. The Kier molecular flexibility index (Phi) is 8.99. The third kappa shape index (κ3) is 7.09. The second kappa shape index (κ2) is 11.5. The standard InChI is InChI=1S/C22H36N6O/c1-7-23-22(24-13-8-14-28-18(3)15-17(2)26-28)25-16-21(27(4)5)19-9-11-20(29-6)12-10-19/h9-12,15,21H,7-8,13-14,16H2,1-6H3,(H2,23,24,25). The molecule has 1 atom stereocenters. The number of benzene rings is 1. The van der Waals surface area contributed by atoms with Gasteiger partial charge in [-0.25, -0.2) is 0 Å². The first-order chi connectivity index (χ1) is 13.9. The maximum Gasteiger partial charge on any atom is 0.191 e. The van der Waals surface area contributed by atoms with E-state index in [-0.39, 0.29) is 6.04 Å². The lowest BCUT2D eigenvalue weighted by atomic mass is 10.1. The monoisotopic (exact) mass is 400 g/mol. The minimum Gasteiger partial charge on any atom is -0.497 e. The fraction of sp³-hybridized carbons (Fsp3) is 0.545. The lowest BCUT2D eigenvalue weighted by Gasteiger charge is -2.24. The van der Waals surface area contributed by atoms with Crippen LogP contribution in [0.25, 0.3) is 0 Å². The van der Waals surface area contributed by atoms with Crippen molar-refractivity contribution in [3.63, 3.8) is 0 Å². The lowest BCUT2D eigenvalue weighted by molar-refractivity contribution is 0.306. The summed E-state index contributed by atoms with van der Waals surface area (Å²) in [7, 11) is 5.85. The van der Waals surface area contributed by atoms with Crippen LogP contribution in [0.15, 0.2) is 35.3 Å². The molecular weight excluding hydrogens is 364 g/mol. The van der Waals surface area contributed by atoms with Gasteiger partial charge in [-0.05, 0) is 65.0 Å². The van der Waals surface area contributed by atoms with E-state index in [4.69, 9.17) is 9.73 Å². The van der Waals surface area contributed by atoms with E-state index in [2.05, 4.69) is 71.5 Å². The highest BCUT2D eigenvalue weighted by Gasteiger charge is 2.14. The molecule has 1 heterocycles. The molecule has 1 aromatic heterocycles. The molecular formula is C22H36N6O. The summed E-state index contributed by atoms with van der Waals surface area (Å²) in [5.41, 5.74) is 3.50. The summed E-state index contributed by atoms with van der Waals surface area (Å²) in [6.45, 7) is 9.46. The van der Waals surface area contributed by atoms with Crippen molar-refractivity contribution in [2.24, 2.45) is 4.99 Å². The minimum absolute atomic E-state index is 0.200. The van der Waals surface area contributed by atoms with Gasteiger partial charge in [-0.3, -0.25) is 9.67 Å². The first kappa shape index (κ1) is 22.7. The summed E-state index contributed by atoms with van der Waals surface area (Å²) in [5, 5.41) is 11.3. The first-order valence-corrected chi connectivity index (χ1v) is 10.3. The zero-order valence-electron chi connectivity index (χ0n) is 18.7. The molecule has 2 N–H and O–H groups in total. The summed E-state index contributed by atoms with van der Waals surface area (Å²) in [5.74, 6) is 1.72. The molecule has 7 nitrogen and oxygen atoms in total. The van der Waals surface area contributed by atoms with Crippen LogP contribution in [-0.4, -0.2) is 61.5 Å². The predicted octanol–water partition coefficient (Wildman–Crippen LogP) is 2.76. The van der Waals surface area contributed by atoms with Crippen LogP contribution in [0, 0.1) is 13.8 Å². The Balaban J connectivity index is 1.93. The van der Waals surface area contributed by atoms with Gasteiger partial charge in [0.25, 0.3) is 0 Å². The second-order valence-corrected chi connectivity index (χ2v) is 7.40. The highest BCUT2D eigenvalue weighted by Crippen LogP contribution is 2.21.